The first-order valence-corrected chi connectivity index (χ1v) is 6.19. The van der Waals surface area contributed by atoms with Gasteiger partial charge in [0.25, 0.3) is 0 Å². The minimum absolute atomic E-state index is 0.0172. The Bertz CT molecular complexity index is 492. The van der Waals surface area contributed by atoms with Crippen LogP contribution in [0.15, 0.2) is 21.6 Å². The molecule has 1 aromatic rings. The first-order valence-electron chi connectivity index (χ1n) is 5.40. The third kappa shape index (κ3) is 1.11. The molecule has 1 fully saturated rings. The summed E-state index contributed by atoms with van der Waals surface area (Å²) in [6, 6.07) is 4.07. The zero-order chi connectivity index (χ0) is 11.3. The van der Waals surface area contributed by atoms with Crippen LogP contribution >= 0.6 is 15.9 Å². The molecule has 1 spiro atoms. The van der Waals surface area contributed by atoms with Gasteiger partial charge in [0.1, 0.15) is 11.6 Å². The number of halogens is 1. The smallest absolute Gasteiger partial charge is 0.133 e. The molecule has 1 aliphatic carbocycles. The zero-order valence-electron chi connectivity index (χ0n) is 9.09. The average Bonchev–Trinajstić information content (AvgIpc) is 2.47. The molecule has 0 radical (unpaired) electrons. The summed E-state index contributed by atoms with van der Waals surface area (Å²) in [7, 11) is 1.68. The molecule has 0 saturated heterocycles. The second kappa shape index (κ2) is 3.23. The lowest BCUT2D eigenvalue weighted by molar-refractivity contribution is 0.342. The van der Waals surface area contributed by atoms with E-state index in [1.54, 1.807) is 7.11 Å². The molecule has 0 aromatic heterocycles. The lowest BCUT2D eigenvalue weighted by Gasteiger charge is -2.38. The summed E-state index contributed by atoms with van der Waals surface area (Å²) >= 11 is 3.47. The number of hydrogen-bond acceptors (Lipinski definition) is 3. The van der Waals surface area contributed by atoms with Crippen LogP contribution in [0.4, 0.5) is 5.69 Å². The Balaban J connectivity index is 2.18. The molecule has 3 rings (SSSR count). The largest absolute Gasteiger partial charge is 0.496 e. The van der Waals surface area contributed by atoms with E-state index in [2.05, 4.69) is 27.0 Å². The molecule has 1 saturated carbocycles. The fourth-order valence-electron chi connectivity index (χ4n) is 2.61. The molecule has 2 N–H and O–H groups in total. The van der Waals surface area contributed by atoms with Crippen LogP contribution in [-0.2, 0) is 5.41 Å². The molecule has 1 aliphatic heterocycles. The maximum Gasteiger partial charge on any atom is 0.133 e. The number of nitrogens with zero attached hydrogens (tertiary/aromatic N) is 1. The molecule has 0 atom stereocenters. The Hall–Kier alpha value is -1.03. The summed E-state index contributed by atoms with van der Waals surface area (Å²) in [5, 5.41) is 0. The van der Waals surface area contributed by atoms with Gasteiger partial charge in [-0.3, -0.25) is 0 Å². The van der Waals surface area contributed by atoms with Gasteiger partial charge >= 0.3 is 0 Å². The number of aliphatic imine (C=N–C) groups is 1. The Morgan fingerprint density at radius 2 is 2.19 bits per heavy atom. The van der Waals surface area contributed by atoms with Gasteiger partial charge in [0.05, 0.1) is 22.7 Å². The topological polar surface area (TPSA) is 47.6 Å². The minimum Gasteiger partial charge on any atom is -0.496 e. The molecule has 16 heavy (non-hydrogen) atoms. The summed E-state index contributed by atoms with van der Waals surface area (Å²) in [5.74, 6) is 1.63. The van der Waals surface area contributed by atoms with Crippen LogP contribution in [0.1, 0.15) is 24.8 Å². The minimum atomic E-state index is 0.0172. The lowest BCUT2D eigenvalue weighted by atomic mass is 9.64. The highest BCUT2D eigenvalue weighted by atomic mass is 79.9. The van der Waals surface area contributed by atoms with Crippen LogP contribution in [0, 0.1) is 0 Å². The van der Waals surface area contributed by atoms with Crippen molar-refractivity contribution in [2.75, 3.05) is 7.11 Å². The van der Waals surface area contributed by atoms with Gasteiger partial charge in [-0.1, -0.05) is 6.42 Å². The number of amidine groups is 1. The third-order valence-electron chi connectivity index (χ3n) is 3.72. The van der Waals surface area contributed by atoms with Gasteiger partial charge in [-0.15, -0.1) is 0 Å². The zero-order valence-corrected chi connectivity index (χ0v) is 10.7. The second-order valence-corrected chi connectivity index (χ2v) is 5.29. The van der Waals surface area contributed by atoms with Crippen molar-refractivity contribution >= 4 is 27.5 Å². The quantitative estimate of drug-likeness (QED) is 0.860. The molecule has 0 amide bonds. The summed E-state index contributed by atoms with van der Waals surface area (Å²) in [6.45, 7) is 0. The van der Waals surface area contributed by atoms with Crippen LogP contribution < -0.4 is 10.5 Å². The normalized spacial score (nSPS) is 20.2. The van der Waals surface area contributed by atoms with E-state index >= 15 is 0 Å². The fraction of sp³-hybridized carbons (Fsp3) is 0.417. The third-order valence-corrected chi connectivity index (χ3v) is 4.34. The van der Waals surface area contributed by atoms with Gasteiger partial charge in [-0.05, 0) is 46.5 Å². The van der Waals surface area contributed by atoms with Crippen molar-refractivity contribution in [3.05, 3.63) is 22.2 Å². The van der Waals surface area contributed by atoms with E-state index in [1.807, 2.05) is 6.07 Å². The number of ether oxygens (including phenoxy) is 1. The highest BCUT2D eigenvalue weighted by Crippen LogP contribution is 2.53. The van der Waals surface area contributed by atoms with Crippen molar-refractivity contribution in [1.82, 2.24) is 0 Å². The summed E-state index contributed by atoms with van der Waals surface area (Å²) in [6.07, 6.45) is 3.45. The molecule has 2 aliphatic rings. The molecule has 1 aromatic carbocycles. The van der Waals surface area contributed by atoms with E-state index in [4.69, 9.17) is 10.5 Å². The summed E-state index contributed by atoms with van der Waals surface area (Å²) in [5.41, 5.74) is 8.30. The van der Waals surface area contributed by atoms with Gasteiger partial charge in [0, 0.05) is 0 Å². The molecule has 4 heteroatoms. The highest BCUT2D eigenvalue weighted by Gasteiger charge is 2.47. The number of fused-ring (bicyclic) bond motifs is 2. The molecule has 84 valence electrons. The van der Waals surface area contributed by atoms with Gasteiger partial charge in [-0.2, -0.15) is 0 Å². The Morgan fingerprint density at radius 3 is 2.75 bits per heavy atom. The number of nitrogens with two attached hydrogens (primary N) is 1. The van der Waals surface area contributed by atoms with Gasteiger partial charge in [-0.25, -0.2) is 4.99 Å². The maximum absolute atomic E-state index is 6.06. The second-order valence-electron chi connectivity index (χ2n) is 4.44. The van der Waals surface area contributed by atoms with Gasteiger partial charge in [0.15, 0.2) is 0 Å². The van der Waals surface area contributed by atoms with Crippen molar-refractivity contribution in [1.29, 1.82) is 0 Å². The van der Waals surface area contributed by atoms with Crippen molar-refractivity contribution in [2.24, 2.45) is 10.7 Å². The molecule has 1 heterocycles. The van der Waals surface area contributed by atoms with Crippen molar-refractivity contribution < 1.29 is 4.74 Å². The van der Waals surface area contributed by atoms with Gasteiger partial charge in [0.2, 0.25) is 0 Å². The fourth-order valence-corrected chi connectivity index (χ4v) is 3.10. The molecule has 0 bridgehead atoms. The number of hydrogen-bond donors (Lipinski definition) is 1. The Kier molecular flexibility index (Phi) is 2.05. The van der Waals surface area contributed by atoms with Crippen LogP contribution in [0.5, 0.6) is 5.75 Å². The summed E-state index contributed by atoms with van der Waals surface area (Å²) < 4.78 is 6.26. The van der Waals surface area contributed by atoms with E-state index in [1.165, 1.54) is 12.0 Å². The molecule has 3 nitrogen and oxygen atoms in total. The molecular formula is C12H13BrN2O. The monoisotopic (exact) mass is 280 g/mol. The Morgan fingerprint density at radius 1 is 1.44 bits per heavy atom. The predicted octanol–water partition coefficient (Wildman–Crippen LogP) is 2.88. The van der Waals surface area contributed by atoms with E-state index in [-0.39, 0.29) is 5.41 Å². The van der Waals surface area contributed by atoms with Crippen molar-refractivity contribution in [3.8, 4) is 5.75 Å². The number of methoxy groups -OCH3 is 1. The molecular weight excluding hydrogens is 268 g/mol. The predicted molar refractivity (Wildman–Crippen MR) is 67.5 cm³/mol. The van der Waals surface area contributed by atoms with Crippen LogP contribution in [0.25, 0.3) is 0 Å². The van der Waals surface area contributed by atoms with E-state index < -0.39 is 0 Å². The average molecular weight is 281 g/mol. The van der Waals surface area contributed by atoms with Gasteiger partial charge < -0.3 is 10.5 Å². The first kappa shape index (κ1) is 10.1. The standard InChI is InChI=1S/C12H13BrN2O/c1-16-10-5-7-9(6-8(10)13)15-11(14)12(7)3-2-4-12/h5-6H,2-4H2,1H3,(H2,14,15). The Labute approximate surface area is 103 Å². The summed E-state index contributed by atoms with van der Waals surface area (Å²) in [4.78, 5) is 4.47. The van der Waals surface area contributed by atoms with Crippen LogP contribution in [-0.4, -0.2) is 12.9 Å². The van der Waals surface area contributed by atoms with E-state index in [0.717, 1.165) is 34.6 Å². The van der Waals surface area contributed by atoms with Crippen molar-refractivity contribution in [3.63, 3.8) is 0 Å². The van der Waals surface area contributed by atoms with Crippen LogP contribution in [0.2, 0.25) is 0 Å². The number of benzene rings is 1. The van der Waals surface area contributed by atoms with Crippen molar-refractivity contribution in [2.45, 2.75) is 24.7 Å². The first-order chi connectivity index (χ1) is 7.67. The molecule has 0 unspecified atom stereocenters. The van der Waals surface area contributed by atoms with Crippen LogP contribution in [0.3, 0.4) is 0 Å². The van der Waals surface area contributed by atoms with E-state index in [0.29, 0.717) is 0 Å². The number of rotatable bonds is 1. The SMILES string of the molecule is COc1cc2c(cc1Br)N=C(N)C21CCC1. The lowest BCUT2D eigenvalue weighted by Crippen LogP contribution is -2.44. The van der Waals surface area contributed by atoms with E-state index in [9.17, 15) is 0 Å². The maximum atomic E-state index is 6.06. The highest BCUT2D eigenvalue weighted by molar-refractivity contribution is 9.10.